The van der Waals surface area contributed by atoms with E-state index in [0.29, 0.717) is 69.8 Å². The highest BCUT2D eigenvalue weighted by molar-refractivity contribution is 7.11. The Morgan fingerprint density at radius 2 is 2.00 bits per heavy atom. The molecule has 0 fully saturated rings. The Labute approximate surface area is 228 Å². The van der Waals surface area contributed by atoms with Crippen LogP contribution in [0, 0.1) is 20.8 Å². The van der Waals surface area contributed by atoms with Crippen LogP contribution in [-0.4, -0.2) is 51.5 Å². The fourth-order valence-electron chi connectivity index (χ4n) is 4.32. The summed E-state index contributed by atoms with van der Waals surface area (Å²) < 4.78 is 11.2. The van der Waals surface area contributed by atoms with E-state index >= 15 is 0 Å². The van der Waals surface area contributed by atoms with Gasteiger partial charge in [-0.15, -0.1) is 11.3 Å². The lowest BCUT2D eigenvalue weighted by Gasteiger charge is -2.21. The number of benzene rings is 1. The molecular formula is C25H26Cl2N6O3S. The lowest BCUT2D eigenvalue weighted by molar-refractivity contribution is 0.108. The first-order valence-corrected chi connectivity index (χ1v) is 13.3. The largest absolute Gasteiger partial charge is 0.491 e. The standard InChI is InChI=1S/C25H26Cl2N6O3S/c1-12-21(13(2)36-32-12)23-22(27)25(33-9-19-20(10-33)37-14(3)29-19)31-24(30-23)17-7-16(5-6-18(17)26)35-11-15(34)8-28-4/h5-7,15,28,34H,8-11H2,1-4H3/t15-/m1/s1. The zero-order valence-electron chi connectivity index (χ0n) is 20.8. The second-order valence-corrected chi connectivity index (χ2v) is 10.9. The molecular weight excluding hydrogens is 535 g/mol. The Hall–Kier alpha value is -2.76. The average molecular weight is 561 g/mol. The molecule has 0 saturated carbocycles. The number of anilines is 1. The third kappa shape index (κ3) is 5.17. The normalized spacial score (nSPS) is 13.8. The molecule has 4 heterocycles. The maximum Gasteiger partial charge on any atom is 0.163 e. The van der Waals surface area contributed by atoms with Gasteiger partial charge in [0.1, 0.15) is 34.9 Å². The van der Waals surface area contributed by atoms with Crippen molar-refractivity contribution in [2.45, 2.75) is 40.0 Å². The molecule has 0 spiro atoms. The van der Waals surface area contributed by atoms with Crippen molar-refractivity contribution < 1.29 is 14.4 Å². The Kier molecular flexibility index (Phi) is 7.37. The lowest BCUT2D eigenvalue weighted by atomic mass is 10.1. The van der Waals surface area contributed by atoms with Crippen molar-refractivity contribution >= 4 is 40.4 Å². The Morgan fingerprint density at radius 1 is 1.19 bits per heavy atom. The minimum absolute atomic E-state index is 0.127. The number of likely N-dealkylation sites (N-methyl/N-ethyl adjacent to an activating group) is 1. The molecule has 37 heavy (non-hydrogen) atoms. The van der Waals surface area contributed by atoms with Gasteiger partial charge >= 0.3 is 0 Å². The molecule has 0 radical (unpaired) electrons. The molecule has 1 aliphatic heterocycles. The number of aryl methyl sites for hydroxylation is 3. The van der Waals surface area contributed by atoms with Crippen molar-refractivity contribution in [2.24, 2.45) is 0 Å². The van der Waals surface area contributed by atoms with Gasteiger partial charge in [-0.05, 0) is 46.0 Å². The quantitative estimate of drug-likeness (QED) is 0.308. The summed E-state index contributed by atoms with van der Waals surface area (Å²) in [5.41, 5.74) is 3.53. The maximum atomic E-state index is 10.0. The third-order valence-electron chi connectivity index (χ3n) is 6.02. The van der Waals surface area contributed by atoms with Crippen molar-refractivity contribution in [3.8, 4) is 28.4 Å². The fraction of sp³-hybridized carbons (Fsp3) is 0.360. The van der Waals surface area contributed by atoms with Gasteiger partial charge in [0, 0.05) is 17.0 Å². The molecule has 0 aliphatic carbocycles. The van der Waals surface area contributed by atoms with E-state index in [-0.39, 0.29) is 6.61 Å². The summed E-state index contributed by atoms with van der Waals surface area (Å²) in [5, 5.41) is 18.9. The SMILES string of the molecule is CNC[C@@H](O)COc1ccc(Cl)c(-c2nc(-c3c(C)noc3C)c(Cl)c(N3Cc4nc(C)sc4C3)n2)c1. The molecule has 1 aromatic carbocycles. The van der Waals surface area contributed by atoms with Crippen molar-refractivity contribution in [3.63, 3.8) is 0 Å². The highest BCUT2D eigenvalue weighted by Crippen LogP contribution is 2.42. The Bertz CT molecular complexity index is 1410. The van der Waals surface area contributed by atoms with Crippen molar-refractivity contribution in [1.82, 2.24) is 25.4 Å². The summed E-state index contributed by atoms with van der Waals surface area (Å²) in [6.07, 6.45) is -0.651. The van der Waals surface area contributed by atoms with Crippen LogP contribution in [0.3, 0.4) is 0 Å². The Balaban J connectivity index is 1.59. The van der Waals surface area contributed by atoms with Crippen LogP contribution in [0.15, 0.2) is 22.7 Å². The zero-order valence-corrected chi connectivity index (χ0v) is 23.1. The van der Waals surface area contributed by atoms with E-state index in [4.69, 9.17) is 42.4 Å². The molecule has 2 N–H and O–H groups in total. The average Bonchev–Trinajstić information content (AvgIpc) is 3.51. The van der Waals surface area contributed by atoms with Gasteiger partial charge in [0.2, 0.25) is 0 Å². The molecule has 194 valence electrons. The molecule has 4 aromatic rings. The second-order valence-electron chi connectivity index (χ2n) is 8.86. The van der Waals surface area contributed by atoms with Crippen LogP contribution >= 0.6 is 34.5 Å². The van der Waals surface area contributed by atoms with E-state index in [0.717, 1.165) is 16.3 Å². The number of ether oxygens (including phenoxy) is 1. The number of hydrogen-bond donors (Lipinski definition) is 2. The van der Waals surface area contributed by atoms with E-state index in [1.54, 1.807) is 36.6 Å². The van der Waals surface area contributed by atoms with Crippen LogP contribution in [0.25, 0.3) is 22.6 Å². The molecule has 1 atom stereocenters. The maximum absolute atomic E-state index is 10.0. The summed E-state index contributed by atoms with van der Waals surface area (Å²) in [7, 11) is 1.77. The first-order valence-electron chi connectivity index (χ1n) is 11.7. The number of aliphatic hydroxyl groups is 1. The van der Waals surface area contributed by atoms with Crippen LogP contribution in [0.4, 0.5) is 5.82 Å². The summed E-state index contributed by atoms with van der Waals surface area (Å²) in [6.45, 7) is 7.47. The molecule has 9 nitrogen and oxygen atoms in total. The monoisotopic (exact) mass is 560 g/mol. The van der Waals surface area contributed by atoms with Crippen molar-refractivity contribution in [3.05, 3.63) is 55.3 Å². The third-order valence-corrected chi connectivity index (χ3v) is 7.70. The van der Waals surface area contributed by atoms with E-state index in [1.165, 1.54) is 4.88 Å². The van der Waals surface area contributed by atoms with Gasteiger partial charge in [-0.25, -0.2) is 15.0 Å². The topological polar surface area (TPSA) is 109 Å². The molecule has 1 aliphatic rings. The van der Waals surface area contributed by atoms with Crippen molar-refractivity contribution in [1.29, 1.82) is 0 Å². The smallest absolute Gasteiger partial charge is 0.163 e. The first-order chi connectivity index (χ1) is 17.7. The van der Waals surface area contributed by atoms with Gasteiger partial charge < -0.3 is 24.6 Å². The first kappa shape index (κ1) is 25.9. The number of aromatic nitrogens is 4. The van der Waals surface area contributed by atoms with Crippen LogP contribution in [0.5, 0.6) is 5.75 Å². The summed E-state index contributed by atoms with van der Waals surface area (Å²) >= 11 is 15.3. The second kappa shape index (κ2) is 10.5. The van der Waals surface area contributed by atoms with E-state index in [1.807, 2.05) is 20.8 Å². The molecule has 0 unspecified atom stereocenters. The van der Waals surface area contributed by atoms with Crippen LogP contribution in [0.1, 0.15) is 27.0 Å². The number of nitrogens with one attached hydrogen (secondary N) is 1. The summed E-state index contributed by atoms with van der Waals surface area (Å²) in [4.78, 5) is 17.6. The molecule has 12 heteroatoms. The molecule has 5 rings (SSSR count). The Morgan fingerprint density at radius 3 is 2.70 bits per heavy atom. The molecule has 0 bridgehead atoms. The highest BCUT2D eigenvalue weighted by atomic mass is 35.5. The van der Waals surface area contributed by atoms with E-state index in [9.17, 15) is 5.11 Å². The van der Waals surface area contributed by atoms with E-state index < -0.39 is 6.10 Å². The minimum atomic E-state index is -0.651. The number of fused-ring (bicyclic) bond motifs is 1. The van der Waals surface area contributed by atoms with Gasteiger partial charge in [-0.1, -0.05) is 28.4 Å². The zero-order chi connectivity index (χ0) is 26.3. The predicted octanol–water partition coefficient (Wildman–Crippen LogP) is 4.97. The number of nitrogens with zero attached hydrogens (tertiary/aromatic N) is 5. The highest BCUT2D eigenvalue weighted by Gasteiger charge is 2.29. The van der Waals surface area contributed by atoms with E-state index in [2.05, 4.69) is 20.4 Å². The van der Waals surface area contributed by atoms with Crippen LogP contribution < -0.4 is 15.0 Å². The van der Waals surface area contributed by atoms with Gasteiger partial charge in [0.25, 0.3) is 0 Å². The fourth-order valence-corrected chi connectivity index (χ4v) is 5.79. The number of hydrogen-bond acceptors (Lipinski definition) is 10. The van der Waals surface area contributed by atoms with Crippen LogP contribution in [0.2, 0.25) is 10.0 Å². The lowest BCUT2D eigenvalue weighted by Crippen LogP contribution is -2.29. The van der Waals surface area contributed by atoms with Gasteiger partial charge in [-0.3, -0.25) is 0 Å². The number of thiazole rings is 1. The van der Waals surface area contributed by atoms with Gasteiger partial charge in [0.15, 0.2) is 11.6 Å². The molecule has 3 aromatic heterocycles. The summed E-state index contributed by atoms with van der Waals surface area (Å²) in [5.74, 6) is 2.11. The van der Waals surface area contributed by atoms with Gasteiger partial charge in [-0.2, -0.15) is 0 Å². The summed E-state index contributed by atoms with van der Waals surface area (Å²) in [6, 6.07) is 5.24. The minimum Gasteiger partial charge on any atom is -0.491 e. The van der Waals surface area contributed by atoms with Gasteiger partial charge in [0.05, 0.1) is 40.1 Å². The molecule has 0 saturated heterocycles. The van der Waals surface area contributed by atoms with Crippen LogP contribution in [-0.2, 0) is 13.1 Å². The molecule has 0 amide bonds. The number of rotatable bonds is 8. The van der Waals surface area contributed by atoms with Crippen molar-refractivity contribution in [2.75, 3.05) is 25.1 Å². The number of halogens is 2. The predicted molar refractivity (Wildman–Crippen MR) is 145 cm³/mol. The number of aliphatic hydroxyl groups excluding tert-OH is 1.